The Morgan fingerprint density at radius 1 is 1.42 bits per heavy atom. The number of nitrogens with zero attached hydrogens (tertiary/aromatic N) is 1. The average Bonchev–Trinajstić information content (AvgIpc) is 2.44. The number of nitrogens with one attached hydrogen (secondary N) is 2. The maximum atomic E-state index is 6.08. The molecule has 1 aromatic rings. The minimum atomic E-state index is 0.436. The molecule has 19 heavy (non-hydrogen) atoms. The first-order chi connectivity index (χ1) is 9.21. The van der Waals surface area contributed by atoms with E-state index in [1.54, 1.807) is 32.4 Å². The number of nitrogens with two attached hydrogens (primary N) is 1. The Morgan fingerprint density at radius 2 is 2.21 bits per heavy atom. The van der Waals surface area contributed by atoms with Gasteiger partial charge >= 0.3 is 0 Å². The lowest BCUT2D eigenvalue weighted by atomic mass is 10.3. The summed E-state index contributed by atoms with van der Waals surface area (Å²) in [6.45, 7) is 1.25. The van der Waals surface area contributed by atoms with E-state index in [0.717, 1.165) is 6.42 Å². The Bertz CT molecular complexity index is 426. The highest BCUT2D eigenvalue weighted by atomic mass is 35.5. The molecule has 1 rings (SSSR count). The van der Waals surface area contributed by atoms with Crippen molar-refractivity contribution < 1.29 is 9.47 Å². The SMILES string of the molecule is COCCCN=C(NN)Nc1cc(OC)ccc1Cl. The zero-order valence-electron chi connectivity index (χ0n) is 11.1. The van der Waals surface area contributed by atoms with Crippen LogP contribution in [0, 0.1) is 0 Å². The molecule has 0 amide bonds. The first-order valence-corrected chi connectivity index (χ1v) is 6.19. The molecule has 1 aromatic carbocycles. The fraction of sp³-hybridized carbons (Fsp3) is 0.417. The van der Waals surface area contributed by atoms with Crippen LogP contribution in [0.2, 0.25) is 5.02 Å². The van der Waals surface area contributed by atoms with E-state index in [4.69, 9.17) is 26.9 Å². The third-order valence-corrected chi connectivity index (χ3v) is 2.67. The van der Waals surface area contributed by atoms with Gasteiger partial charge in [0.2, 0.25) is 5.96 Å². The van der Waals surface area contributed by atoms with Crippen LogP contribution >= 0.6 is 11.6 Å². The minimum Gasteiger partial charge on any atom is -0.497 e. The number of ether oxygens (including phenoxy) is 2. The topological polar surface area (TPSA) is 80.9 Å². The van der Waals surface area contributed by atoms with Gasteiger partial charge < -0.3 is 14.8 Å². The molecule has 0 aliphatic heterocycles. The number of benzene rings is 1. The van der Waals surface area contributed by atoms with Crippen LogP contribution in [0.4, 0.5) is 5.69 Å². The number of rotatable bonds is 6. The largest absolute Gasteiger partial charge is 0.497 e. The Balaban J connectivity index is 2.69. The summed E-state index contributed by atoms with van der Waals surface area (Å²) in [6, 6.07) is 5.28. The van der Waals surface area contributed by atoms with Crippen LogP contribution in [0.5, 0.6) is 5.75 Å². The lowest BCUT2D eigenvalue weighted by Gasteiger charge is -2.11. The number of hydrogen-bond acceptors (Lipinski definition) is 4. The molecule has 0 aromatic heterocycles. The molecule has 0 saturated carbocycles. The molecule has 0 unspecified atom stereocenters. The van der Waals surface area contributed by atoms with Crippen molar-refractivity contribution in [3.63, 3.8) is 0 Å². The van der Waals surface area contributed by atoms with Crippen molar-refractivity contribution >= 4 is 23.2 Å². The van der Waals surface area contributed by atoms with Crippen LogP contribution < -0.4 is 21.3 Å². The van der Waals surface area contributed by atoms with Crippen LogP contribution in [0.25, 0.3) is 0 Å². The molecule has 0 radical (unpaired) electrons. The normalized spacial score (nSPS) is 11.3. The second-order valence-corrected chi connectivity index (χ2v) is 4.10. The lowest BCUT2D eigenvalue weighted by Crippen LogP contribution is -2.36. The van der Waals surface area contributed by atoms with Crippen molar-refractivity contribution in [3.05, 3.63) is 23.2 Å². The second kappa shape index (κ2) is 8.58. The van der Waals surface area contributed by atoms with E-state index in [9.17, 15) is 0 Å². The predicted octanol–water partition coefficient (Wildman–Crippen LogP) is 1.62. The first-order valence-electron chi connectivity index (χ1n) is 5.81. The van der Waals surface area contributed by atoms with Gasteiger partial charge in [-0.25, -0.2) is 5.84 Å². The van der Waals surface area contributed by atoms with Crippen molar-refractivity contribution in [2.75, 3.05) is 32.7 Å². The molecule has 0 fully saturated rings. The highest BCUT2D eigenvalue weighted by molar-refractivity contribution is 6.33. The number of aliphatic imine (C=N–C) groups is 1. The van der Waals surface area contributed by atoms with E-state index in [-0.39, 0.29) is 0 Å². The summed E-state index contributed by atoms with van der Waals surface area (Å²) in [7, 11) is 3.24. The smallest absolute Gasteiger partial charge is 0.210 e. The van der Waals surface area contributed by atoms with Crippen molar-refractivity contribution in [1.29, 1.82) is 0 Å². The van der Waals surface area contributed by atoms with E-state index in [1.807, 2.05) is 0 Å². The quantitative estimate of drug-likeness (QED) is 0.243. The molecule has 0 atom stereocenters. The summed E-state index contributed by atoms with van der Waals surface area (Å²) in [5.74, 6) is 6.54. The number of methoxy groups -OCH3 is 2. The lowest BCUT2D eigenvalue weighted by molar-refractivity contribution is 0.197. The molecule has 106 valence electrons. The van der Waals surface area contributed by atoms with E-state index < -0.39 is 0 Å². The highest BCUT2D eigenvalue weighted by Gasteiger charge is 2.04. The zero-order valence-corrected chi connectivity index (χ0v) is 11.8. The van der Waals surface area contributed by atoms with Crippen LogP contribution in [0.1, 0.15) is 6.42 Å². The van der Waals surface area contributed by atoms with Gasteiger partial charge in [-0.3, -0.25) is 10.4 Å². The number of hydrazine groups is 1. The molecule has 6 nitrogen and oxygen atoms in total. The van der Waals surface area contributed by atoms with E-state index >= 15 is 0 Å². The Hall–Kier alpha value is -1.50. The third-order valence-electron chi connectivity index (χ3n) is 2.34. The number of anilines is 1. The maximum absolute atomic E-state index is 6.08. The van der Waals surface area contributed by atoms with Crippen LogP contribution in [0.3, 0.4) is 0 Å². The Labute approximate surface area is 117 Å². The molecular weight excluding hydrogens is 268 g/mol. The number of hydrogen-bond donors (Lipinski definition) is 3. The van der Waals surface area contributed by atoms with Crippen molar-refractivity contribution in [3.8, 4) is 5.75 Å². The monoisotopic (exact) mass is 286 g/mol. The minimum absolute atomic E-state index is 0.436. The molecule has 0 bridgehead atoms. The van der Waals surface area contributed by atoms with Crippen molar-refractivity contribution in [2.45, 2.75) is 6.42 Å². The molecule has 4 N–H and O–H groups in total. The molecule has 0 saturated heterocycles. The van der Waals surface area contributed by atoms with E-state index in [2.05, 4.69) is 15.7 Å². The summed E-state index contributed by atoms with van der Waals surface area (Å²) in [6.07, 6.45) is 0.815. The third kappa shape index (κ3) is 5.34. The molecule has 0 spiro atoms. The van der Waals surface area contributed by atoms with E-state index in [1.165, 1.54) is 0 Å². The average molecular weight is 287 g/mol. The van der Waals surface area contributed by atoms with Crippen LogP contribution in [0.15, 0.2) is 23.2 Å². The van der Waals surface area contributed by atoms with Gasteiger partial charge in [0.15, 0.2) is 0 Å². The number of halogens is 1. The van der Waals surface area contributed by atoms with Gasteiger partial charge in [-0.1, -0.05) is 11.6 Å². The summed E-state index contributed by atoms with van der Waals surface area (Å²) < 4.78 is 10.1. The van der Waals surface area contributed by atoms with Crippen molar-refractivity contribution in [2.24, 2.45) is 10.8 Å². The molecule has 0 aliphatic rings. The molecule has 0 heterocycles. The van der Waals surface area contributed by atoms with Gasteiger partial charge in [0, 0.05) is 26.3 Å². The summed E-state index contributed by atoms with van der Waals surface area (Å²) in [5.41, 5.74) is 3.16. The summed E-state index contributed by atoms with van der Waals surface area (Å²) in [5, 5.41) is 3.57. The fourth-order valence-corrected chi connectivity index (χ4v) is 1.54. The standard InChI is InChI=1S/C12H19ClN4O2/c1-18-7-3-6-15-12(17-14)16-11-8-9(19-2)4-5-10(11)13/h4-5,8H,3,6-7,14H2,1-2H3,(H2,15,16,17). The van der Waals surface area contributed by atoms with E-state index in [0.29, 0.717) is 35.6 Å². The first kappa shape index (κ1) is 15.6. The zero-order chi connectivity index (χ0) is 14.1. The van der Waals surface area contributed by atoms with Gasteiger partial charge in [0.1, 0.15) is 5.75 Å². The number of guanidine groups is 1. The van der Waals surface area contributed by atoms with Gasteiger partial charge in [-0.15, -0.1) is 0 Å². The summed E-state index contributed by atoms with van der Waals surface area (Å²) in [4.78, 5) is 4.26. The van der Waals surface area contributed by atoms with Gasteiger partial charge in [0.25, 0.3) is 0 Å². The highest BCUT2D eigenvalue weighted by Crippen LogP contribution is 2.26. The van der Waals surface area contributed by atoms with Gasteiger partial charge in [-0.2, -0.15) is 0 Å². The molecule has 0 aliphatic carbocycles. The maximum Gasteiger partial charge on any atom is 0.210 e. The summed E-state index contributed by atoms with van der Waals surface area (Å²) >= 11 is 6.08. The Morgan fingerprint density at radius 3 is 2.84 bits per heavy atom. The molecular formula is C12H19ClN4O2. The Kier molecular flexibility index (Phi) is 7.02. The van der Waals surface area contributed by atoms with Crippen molar-refractivity contribution in [1.82, 2.24) is 5.43 Å². The fourth-order valence-electron chi connectivity index (χ4n) is 1.38. The van der Waals surface area contributed by atoms with Crippen LogP contribution in [-0.4, -0.2) is 33.3 Å². The van der Waals surface area contributed by atoms with Crippen LogP contribution in [-0.2, 0) is 4.74 Å². The second-order valence-electron chi connectivity index (χ2n) is 3.69. The molecule has 7 heteroatoms. The predicted molar refractivity (Wildman–Crippen MR) is 77.7 cm³/mol. The van der Waals surface area contributed by atoms with Gasteiger partial charge in [-0.05, 0) is 18.6 Å². The van der Waals surface area contributed by atoms with Gasteiger partial charge in [0.05, 0.1) is 17.8 Å².